The Morgan fingerprint density at radius 1 is 1.14 bits per heavy atom. The van der Waals surface area contributed by atoms with E-state index in [0.29, 0.717) is 24.5 Å². The molecule has 0 bridgehead atoms. The van der Waals surface area contributed by atoms with Gasteiger partial charge in [-0.15, -0.1) is 0 Å². The standard InChI is InChI=1S/C16H31N3O2/c1-19(2)14-7-4-6-13(10-14)18-16(21)17-11-12-5-3-8-15(20)9-12/h12-15,20H,3-11H2,1-2H3,(H2,17,18,21). The molecule has 0 aromatic heterocycles. The third kappa shape index (κ3) is 5.47. The second-order valence-corrected chi connectivity index (χ2v) is 7.02. The van der Waals surface area contributed by atoms with E-state index in [4.69, 9.17) is 0 Å². The molecule has 2 saturated carbocycles. The van der Waals surface area contributed by atoms with E-state index in [1.807, 2.05) is 0 Å². The second kappa shape index (κ2) is 7.99. The first-order valence-electron chi connectivity index (χ1n) is 8.43. The molecule has 0 spiro atoms. The zero-order valence-corrected chi connectivity index (χ0v) is 13.5. The number of carbonyl (C=O) groups excluding carboxylic acids is 1. The third-order valence-corrected chi connectivity index (χ3v) is 5.02. The number of carbonyl (C=O) groups is 1. The highest BCUT2D eigenvalue weighted by Crippen LogP contribution is 2.24. The Kier molecular flexibility index (Phi) is 6.30. The summed E-state index contributed by atoms with van der Waals surface area (Å²) < 4.78 is 0. The van der Waals surface area contributed by atoms with Gasteiger partial charge in [-0.2, -0.15) is 0 Å². The summed E-state index contributed by atoms with van der Waals surface area (Å²) in [4.78, 5) is 14.3. The van der Waals surface area contributed by atoms with E-state index in [0.717, 1.165) is 38.5 Å². The van der Waals surface area contributed by atoms with Crippen LogP contribution in [0.5, 0.6) is 0 Å². The van der Waals surface area contributed by atoms with Gasteiger partial charge >= 0.3 is 6.03 Å². The Morgan fingerprint density at radius 2 is 1.90 bits per heavy atom. The molecule has 2 aliphatic carbocycles. The average Bonchev–Trinajstić information content (AvgIpc) is 2.45. The van der Waals surface area contributed by atoms with Crippen molar-refractivity contribution < 1.29 is 9.90 Å². The van der Waals surface area contributed by atoms with Crippen LogP contribution in [0.25, 0.3) is 0 Å². The Labute approximate surface area is 128 Å². The first-order chi connectivity index (χ1) is 10.0. The highest BCUT2D eigenvalue weighted by atomic mass is 16.3. The lowest BCUT2D eigenvalue weighted by atomic mass is 9.87. The molecule has 2 amide bonds. The summed E-state index contributed by atoms with van der Waals surface area (Å²) in [5.74, 6) is 0.431. The van der Waals surface area contributed by atoms with E-state index >= 15 is 0 Å². The topological polar surface area (TPSA) is 64.6 Å². The first-order valence-corrected chi connectivity index (χ1v) is 8.43. The van der Waals surface area contributed by atoms with Crippen molar-refractivity contribution in [2.24, 2.45) is 5.92 Å². The van der Waals surface area contributed by atoms with Gasteiger partial charge in [-0.25, -0.2) is 4.79 Å². The molecule has 21 heavy (non-hydrogen) atoms. The molecule has 0 aliphatic heterocycles. The molecule has 0 saturated heterocycles. The van der Waals surface area contributed by atoms with E-state index in [-0.39, 0.29) is 12.1 Å². The molecular formula is C16H31N3O2. The maximum absolute atomic E-state index is 12.0. The minimum absolute atomic E-state index is 0.0422. The maximum Gasteiger partial charge on any atom is 0.315 e. The molecule has 2 aliphatic rings. The number of nitrogens with one attached hydrogen (secondary N) is 2. The van der Waals surface area contributed by atoms with Crippen molar-refractivity contribution in [2.75, 3.05) is 20.6 Å². The number of rotatable bonds is 4. The molecule has 2 fully saturated rings. The zero-order chi connectivity index (χ0) is 15.2. The van der Waals surface area contributed by atoms with Gasteiger partial charge in [0.05, 0.1) is 6.10 Å². The van der Waals surface area contributed by atoms with Crippen molar-refractivity contribution in [3.05, 3.63) is 0 Å². The summed E-state index contributed by atoms with van der Waals surface area (Å²) in [5, 5.41) is 15.8. The van der Waals surface area contributed by atoms with Crippen LogP contribution >= 0.6 is 0 Å². The van der Waals surface area contributed by atoms with Crippen molar-refractivity contribution in [1.29, 1.82) is 0 Å². The minimum Gasteiger partial charge on any atom is -0.393 e. The fourth-order valence-corrected chi connectivity index (χ4v) is 3.69. The molecule has 5 nitrogen and oxygen atoms in total. The number of urea groups is 1. The smallest absolute Gasteiger partial charge is 0.315 e. The number of amides is 2. The van der Waals surface area contributed by atoms with E-state index in [1.165, 1.54) is 12.8 Å². The number of hydrogen-bond donors (Lipinski definition) is 3. The lowest BCUT2D eigenvalue weighted by molar-refractivity contribution is 0.101. The number of nitrogens with zero attached hydrogens (tertiary/aromatic N) is 1. The van der Waals surface area contributed by atoms with Crippen LogP contribution in [-0.2, 0) is 0 Å². The molecular weight excluding hydrogens is 266 g/mol. The van der Waals surface area contributed by atoms with Gasteiger partial charge in [-0.1, -0.05) is 6.42 Å². The van der Waals surface area contributed by atoms with Crippen LogP contribution in [0.15, 0.2) is 0 Å². The monoisotopic (exact) mass is 297 g/mol. The van der Waals surface area contributed by atoms with Gasteiger partial charge in [0, 0.05) is 18.6 Å². The average molecular weight is 297 g/mol. The fraction of sp³-hybridized carbons (Fsp3) is 0.938. The van der Waals surface area contributed by atoms with Gasteiger partial charge in [0.25, 0.3) is 0 Å². The molecule has 4 atom stereocenters. The highest BCUT2D eigenvalue weighted by molar-refractivity contribution is 5.74. The van der Waals surface area contributed by atoms with Gasteiger partial charge in [0.1, 0.15) is 0 Å². The molecule has 122 valence electrons. The molecule has 0 radical (unpaired) electrons. The molecule has 5 heteroatoms. The van der Waals surface area contributed by atoms with Crippen LogP contribution in [0.1, 0.15) is 51.4 Å². The van der Waals surface area contributed by atoms with Crippen molar-refractivity contribution in [3.8, 4) is 0 Å². The van der Waals surface area contributed by atoms with Gasteiger partial charge in [0.15, 0.2) is 0 Å². The SMILES string of the molecule is CN(C)C1CCCC(NC(=O)NCC2CCCC(O)C2)C1. The highest BCUT2D eigenvalue weighted by Gasteiger charge is 2.25. The lowest BCUT2D eigenvalue weighted by Crippen LogP contribution is -2.48. The van der Waals surface area contributed by atoms with Gasteiger partial charge in [-0.05, 0) is 65.0 Å². The first kappa shape index (κ1) is 16.6. The van der Waals surface area contributed by atoms with Crippen LogP contribution in [0.2, 0.25) is 0 Å². The van der Waals surface area contributed by atoms with E-state index in [2.05, 4.69) is 29.6 Å². The summed E-state index contributed by atoms with van der Waals surface area (Å²) in [6.07, 6.45) is 8.29. The summed E-state index contributed by atoms with van der Waals surface area (Å²) in [5.41, 5.74) is 0. The zero-order valence-electron chi connectivity index (χ0n) is 13.5. The molecule has 0 aromatic rings. The van der Waals surface area contributed by atoms with E-state index in [9.17, 15) is 9.90 Å². The van der Waals surface area contributed by atoms with Crippen LogP contribution in [-0.4, -0.2) is 54.9 Å². The summed E-state index contributed by atoms with van der Waals surface area (Å²) in [6.45, 7) is 0.687. The predicted octanol–water partition coefficient (Wildman–Crippen LogP) is 1.71. The Bertz CT molecular complexity index is 335. The maximum atomic E-state index is 12.0. The largest absolute Gasteiger partial charge is 0.393 e. The lowest BCUT2D eigenvalue weighted by Gasteiger charge is -2.34. The second-order valence-electron chi connectivity index (χ2n) is 7.02. The van der Waals surface area contributed by atoms with Crippen molar-refractivity contribution in [1.82, 2.24) is 15.5 Å². The summed E-state index contributed by atoms with van der Waals surface area (Å²) in [6, 6.07) is 0.833. The molecule has 3 N–H and O–H groups in total. The normalized spacial score (nSPS) is 33.7. The molecule has 2 rings (SSSR count). The Balaban J connectivity index is 1.67. The summed E-state index contributed by atoms with van der Waals surface area (Å²) in [7, 11) is 4.23. The van der Waals surface area contributed by atoms with Gasteiger partial charge in [-0.3, -0.25) is 0 Å². The van der Waals surface area contributed by atoms with Crippen LogP contribution in [0, 0.1) is 5.92 Å². The van der Waals surface area contributed by atoms with Crippen LogP contribution in [0.3, 0.4) is 0 Å². The van der Waals surface area contributed by atoms with Crippen molar-refractivity contribution in [3.63, 3.8) is 0 Å². The summed E-state index contributed by atoms with van der Waals surface area (Å²) >= 11 is 0. The van der Waals surface area contributed by atoms with Crippen LogP contribution < -0.4 is 10.6 Å². The Morgan fingerprint density at radius 3 is 2.62 bits per heavy atom. The molecule has 0 heterocycles. The molecule has 4 unspecified atom stereocenters. The third-order valence-electron chi connectivity index (χ3n) is 5.02. The van der Waals surface area contributed by atoms with Gasteiger partial charge < -0.3 is 20.6 Å². The fourth-order valence-electron chi connectivity index (χ4n) is 3.69. The number of aliphatic hydroxyl groups is 1. The Hall–Kier alpha value is -0.810. The van der Waals surface area contributed by atoms with Crippen molar-refractivity contribution in [2.45, 2.75) is 69.6 Å². The quantitative estimate of drug-likeness (QED) is 0.740. The van der Waals surface area contributed by atoms with Gasteiger partial charge in [0.2, 0.25) is 0 Å². The van der Waals surface area contributed by atoms with Crippen LogP contribution in [0.4, 0.5) is 4.79 Å². The van der Waals surface area contributed by atoms with E-state index < -0.39 is 0 Å². The number of hydrogen-bond acceptors (Lipinski definition) is 3. The van der Waals surface area contributed by atoms with Crippen molar-refractivity contribution >= 4 is 6.03 Å². The predicted molar refractivity (Wildman–Crippen MR) is 84.2 cm³/mol. The molecule has 0 aromatic carbocycles. The van der Waals surface area contributed by atoms with E-state index in [1.54, 1.807) is 0 Å². The number of aliphatic hydroxyl groups excluding tert-OH is 1. The minimum atomic E-state index is -0.173.